The van der Waals surface area contributed by atoms with Gasteiger partial charge >= 0.3 is 0 Å². The van der Waals surface area contributed by atoms with Crippen molar-refractivity contribution in [2.75, 3.05) is 0 Å². The van der Waals surface area contributed by atoms with Crippen LogP contribution in [0.3, 0.4) is 0 Å². The first-order chi connectivity index (χ1) is 9.38. The summed E-state index contributed by atoms with van der Waals surface area (Å²) in [7, 11) is 0. The van der Waals surface area contributed by atoms with Gasteiger partial charge in [0.1, 0.15) is 5.75 Å². The van der Waals surface area contributed by atoms with Gasteiger partial charge in [0.15, 0.2) is 10.9 Å². The number of aromatic hydroxyl groups is 1. The smallest absolute Gasteiger partial charge is 0.239 e. The maximum absolute atomic E-state index is 9.37. The Bertz CT molecular complexity index is 625. The van der Waals surface area contributed by atoms with Gasteiger partial charge < -0.3 is 9.84 Å². The van der Waals surface area contributed by atoms with Crippen LogP contribution in [-0.4, -0.2) is 15.3 Å². The number of nitrogens with zero attached hydrogens (tertiary/aromatic N) is 2. The summed E-state index contributed by atoms with van der Waals surface area (Å²) in [6, 6.07) is 4.34. The summed E-state index contributed by atoms with van der Waals surface area (Å²) in [4.78, 5) is 0. The fraction of sp³-hybridized carbons (Fsp3) is 0.231. The molecule has 0 aliphatic carbocycles. The standard InChI is InChI=1S/C13H11Cl3N2O2/c1-6(2)8-5-11(17-18-13(8)16)20-12-9(14)3-7(19)4-10(12)15/h3-6,19H,1-2H3. The molecule has 1 N–H and O–H groups in total. The second-order valence-electron chi connectivity index (χ2n) is 4.42. The minimum Gasteiger partial charge on any atom is -0.508 e. The van der Waals surface area contributed by atoms with Crippen LogP contribution in [0.4, 0.5) is 0 Å². The van der Waals surface area contributed by atoms with Gasteiger partial charge in [0.2, 0.25) is 5.88 Å². The van der Waals surface area contributed by atoms with E-state index in [-0.39, 0.29) is 33.3 Å². The Kier molecular flexibility index (Phi) is 4.58. The van der Waals surface area contributed by atoms with Crippen LogP contribution in [0.15, 0.2) is 18.2 Å². The molecule has 0 atom stereocenters. The Labute approximate surface area is 131 Å². The van der Waals surface area contributed by atoms with Crippen LogP contribution in [0, 0.1) is 0 Å². The first-order valence-electron chi connectivity index (χ1n) is 5.77. The quantitative estimate of drug-likeness (QED) is 0.853. The van der Waals surface area contributed by atoms with Crippen molar-refractivity contribution in [3.05, 3.63) is 39.0 Å². The third-order valence-electron chi connectivity index (χ3n) is 2.57. The van der Waals surface area contributed by atoms with Crippen molar-refractivity contribution in [2.24, 2.45) is 0 Å². The molecule has 0 unspecified atom stereocenters. The van der Waals surface area contributed by atoms with Crippen LogP contribution in [0.2, 0.25) is 15.2 Å². The van der Waals surface area contributed by atoms with E-state index in [4.69, 9.17) is 39.5 Å². The van der Waals surface area contributed by atoms with Gasteiger partial charge in [-0.3, -0.25) is 0 Å². The van der Waals surface area contributed by atoms with Gasteiger partial charge in [-0.15, -0.1) is 10.2 Å². The molecule has 4 nitrogen and oxygen atoms in total. The van der Waals surface area contributed by atoms with Crippen LogP contribution in [-0.2, 0) is 0 Å². The van der Waals surface area contributed by atoms with Crippen molar-refractivity contribution >= 4 is 34.8 Å². The van der Waals surface area contributed by atoms with E-state index in [9.17, 15) is 5.11 Å². The highest BCUT2D eigenvalue weighted by molar-refractivity contribution is 6.37. The molecule has 0 aliphatic heterocycles. The third-order valence-corrected chi connectivity index (χ3v) is 3.42. The highest BCUT2D eigenvalue weighted by atomic mass is 35.5. The molecule has 7 heteroatoms. The molecule has 1 heterocycles. The number of ether oxygens (including phenoxy) is 1. The normalized spacial score (nSPS) is 10.9. The molecule has 0 radical (unpaired) electrons. The van der Waals surface area contributed by atoms with Crippen molar-refractivity contribution in [1.82, 2.24) is 10.2 Å². The van der Waals surface area contributed by atoms with Crippen molar-refractivity contribution < 1.29 is 9.84 Å². The molecular formula is C13H11Cl3N2O2. The summed E-state index contributed by atoms with van der Waals surface area (Å²) in [5.74, 6) is 0.563. The van der Waals surface area contributed by atoms with Crippen LogP contribution in [0.25, 0.3) is 0 Å². The highest BCUT2D eigenvalue weighted by Crippen LogP contribution is 2.39. The molecule has 2 aromatic rings. The Balaban J connectivity index is 2.38. The van der Waals surface area contributed by atoms with E-state index in [1.807, 2.05) is 13.8 Å². The lowest BCUT2D eigenvalue weighted by Crippen LogP contribution is -1.98. The number of hydrogen-bond acceptors (Lipinski definition) is 4. The Morgan fingerprint density at radius 3 is 2.20 bits per heavy atom. The lowest BCUT2D eigenvalue weighted by Gasteiger charge is -2.11. The molecule has 0 amide bonds. The van der Waals surface area contributed by atoms with Gasteiger partial charge in [-0.2, -0.15) is 0 Å². The van der Waals surface area contributed by atoms with Crippen molar-refractivity contribution in [1.29, 1.82) is 0 Å². The maximum Gasteiger partial charge on any atom is 0.239 e. The zero-order valence-corrected chi connectivity index (χ0v) is 13.0. The fourth-order valence-corrected chi connectivity index (χ4v) is 2.44. The molecule has 0 aliphatic rings. The molecule has 0 saturated heterocycles. The number of phenols is 1. The van der Waals surface area contributed by atoms with Gasteiger partial charge in [-0.05, 0) is 11.5 Å². The van der Waals surface area contributed by atoms with Crippen LogP contribution in [0.5, 0.6) is 17.4 Å². The topological polar surface area (TPSA) is 55.2 Å². The van der Waals surface area contributed by atoms with Crippen LogP contribution < -0.4 is 4.74 Å². The number of phenolic OH excluding ortho intramolecular Hbond substituents is 1. The average Bonchev–Trinajstić information content (AvgIpc) is 2.35. The van der Waals surface area contributed by atoms with Gasteiger partial charge in [0.25, 0.3) is 0 Å². The molecule has 0 spiro atoms. The van der Waals surface area contributed by atoms with E-state index in [0.29, 0.717) is 5.15 Å². The summed E-state index contributed by atoms with van der Waals surface area (Å²) in [6.07, 6.45) is 0. The first kappa shape index (κ1) is 15.2. The number of hydrogen-bond donors (Lipinski definition) is 1. The van der Waals surface area contributed by atoms with Gasteiger partial charge in [-0.1, -0.05) is 48.7 Å². The molecule has 2 rings (SSSR count). The van der Waals surface area contributed by atoms with E-state index in [0.717, 1.165) is 5.56 Å². The highest BCUT2D eigenvalue weighted by Gasteiger charge is 2.14. The van der Waals surface area contributed by atoms with Crippen molar-refractivity contribution in [2.45, 2.75) is 19.8 Å². The summed E-state index contributed by atoms with van der Waals surface area (Å²) in [5.41, 5.74) is 0.808. The summed E-state index contributed by atoms with van der Waals surface area (Å²) < 4.78 is 5.53. The molecule has 106 valence electrons. The SMILES string of the molecule is CC(C)c1cc(Oc2c(Cl)cc(O)cc2Cl)nnc1Cl. The minimum absolute atomic E-state index is 0.0441. The second kappa shape index (κ2) is 6.04. The zero-order valence-electron chi connectivity index (χ0n) is 10.7. The lowest BCUT2D eigenvalue weighted by molar-refractivity contribution is 0.448. The first-order valence-corrected chi connectivity index (χ1v) is 6.91. The average molecular weight is 334 g/mol. The molecule has 0 fully saturated rings. The molecular weight excluding hydrogens is 323 g/mol. The summed E-state index contributed by atoms with van der Waals surface area (Å²) in [5, 5.41) is 17.7. The molecule has 1 aromatic carbocycles. The van der Waals surface area contributed by atoms with Crippen LogP contribution in [0.1, 0.15) is 25.3 Å². The maximum atomic E-state index is 9.37. The number of halogens is 3. The monoisotopic (exact) mass is 332 g/mol. The Morgan fingerprint density at radius 2 is 1.65 bits per heavy atom. The zero-order chi connectivity index (χ0) is 14.9. The molecule has 20 heavy (non-hydrogen) atoms. The molecule has 1 aromatic heterocycles. The second-order valence-corrected chi connectivity index (χ2v) is 5.60. The predicted molar refractivity (Wildman–Crippen MR) is 79.3 cm³/mol. The summed E-state index contributed by atoms with van der Waals surface area (Å²) in [6.45, 7) is 3.96. The van der Waals surface area contributed by atoms with Gasteiger partial charge in [0, 0.05) is 18.2 Å². The third kappa shape index (κ3) is 3.26. The van der Waals surface area contributed by atoms with Gasteiger partial charge in [-0.25, -0.2) is 0 Å². The molecule has 0 saturated carbocycles. The van der Waals surface area contributed by atoms with Gasteiger partial charge in [0.05, 0.1) is 10.0 Å². The fourth-order valence-electron chi connectivity index (χ4n) is 1.58. The van der Waals surface area contributed by atoms with E-state index in [1.165, 1.54) is 12.1 Å². The van der Waals surface area contributed by atoms with E-state index >= 15 is 0 Å². The Hall–Kier alpha value is -1.23. The number of aromatic nitrogens is 2. The minimum atomic E-state index is -0.0441. The van der Waals surface area contributed by atoms with E-state index in [2.05, 4.69) is 10.2 Å². The van der Waals surface area contributed by atoms with E-state index < -0.39 is 0 Å². The summed E-state index contributed by atoms with van der Waals surface area (Å²) >= 11 is 17.9. The van der Waals surface area contributed by atoms with Crippen molar-refractivity contribution in [3.63, 3.8) is 0 Å². The largest absolute Gasteiger partial charge is 0.508 e. The predicted octanol–water partition coefficient (Wildman–Crippen LogP) is 5.06. The van der Waals surface area contributed by atoms with Crippen molar-refractivity contribution in [3.8, 4) is 17.4 Å². The molecule has 0 bridgehead atoms. The number of rotatable bonds is 3. The van der Waals surface area contributed by atoms with E-state index in [1.54, 1.807) is 6.07 Å². The number of benzene rings is 1. The van der Waals surface area contributed by atoms with Crippen LogP contribution >= 0.6 is 34.8 Å². The Morgan fingerprint density at radius 1 is 1.05 bits per heavy atom. The lowest BCUT2D eigenvalue weighted by atomic mass is 10.1.